The number of hydroxylamine groups is 2. The molecule has 9 heteroatoms. The summed E-state index contributed by atoms with van der Waals surface area (Å²) in [5, 5.41) is 10.9. The second kappa shape index (κ2) is 10.5. The molecule has 1 atom stereocenters. The number of ether oxygens (including phenoxy) is 2. The maximum atomic E-state index is 13.8. The summed E-state index contributed by atoms with van der Waals surface area (Å²) in [5.41, 5.74) is 2.64. The Balaban J connectivity index is 1.61. The van der Waals surface area contributed by atoms with Crippen LogP contribution in [0.15, 0.2) is 66.7 Å². The van der Waals surface area contributed by atoms with E-state index in [1.165, 1.54) is 17.2 Å². The summed E-state index contributed by atoms with van der Waals surface area (Å²) in [6, 6.07) is 17.8. The van der Waals surface area contributed by atoms with Gasteiger partial charge >= 0.3 is 12.1 Å². The molecule has 34 heavy (non-hydrogen) atoms. The van der Waals surface area contributed by atoms with Gasteiger partial charge in [-0.15, -0.1) is 5.06 Å². The van der Waals surface area contributed by atoms with Crippen LogP contribution in [0.3, 0.4) is 0 Å². The number of rotatable bonds is 7. The SMILES string of the molecule is O=C(O)COc1ccc(Cl)cc1C1c2ccccc2CCN1OC(=O)OCc1ccccc1F. The zero-order chi connectivity index (χ0) is 24.1. The van der Waals surface area contributed by atoms with Crippen LogP contribution in [0.4, 0.5) is 9.18 Å². The van der Waals surface area contributed by atoms with Gasteiger partial charge in [-0.2, -0.15) is 0 Å². The number of nitrogens with zero attached hydrogens (tertiary/aromatic N) is 1. The molecule has 0 amide bonds. The zero-order valence-electron chi connectivity index (χ0n) is 17.9. The average Bonchev–Trinajstić information content (AvgIpc) is 2.82. The van der Waals surface area contributed by atoms with E-state index in [4.69, 9.17) is 31.0 Å². The Morgan fingerprint density at radius 2 is 1.82 bits per heavy atom. The Hall–Kier alpha value is -3.62. The molecule has 1 heterocycles. The predicted octanol–water partition coefficient (Wildman–Crippen LogP) is 5.16. The topological polar surface area (TPSA) is 85.3 Å². The minimum absolute atomic E-state index is 0.221. The molecule has 0 aromatic heterocycles. The number of carboxylic acids is 1. The van der Waals surface area contributed by atoms with Crippen molar-refractivity contribution >= 4 is 23.7 Å². The summed E-state index contributed by atoms with van der Waals surface area (Å²) < 4.78 is 24.5. The van der Waals surface area contributed by atoms with Gasteiger partial charge in [0.25, 0.3) is 0 Å². The van der Waals surface area contributed by atoms with Crippen LogP contribution in [0, 0.1) is 5.82 Å². The van der Waals surface area contributed by atoms with E-state index in [-0.39, 0.29) is 12.2 Å². The fourth-order valence-corrected chi connectivity index (χ4v) is 4.02. The van der Waals surface area contributed by atoms with Gasteiger partial charge in [0.2, 0.25) is 0 Å². The first-order chi connectivity index (χ1) is 16.4. The molecular weight excluding hydrogens is 465 g/mol. The summed E-state index contributed by atoms with van der Waals surface area (Å²) in [6.45, 7) is -0.499. The van der Waals surface area contributed by atoms with Gasteiger partial charge in [-0.25, -0.2) is 14.0 Å². The highest BCUT2D eigenvalue weighted by Crippen LogP contribution is 2.40. The normalized spacial score (nSPS) is 15.3. The van der Waals surface area contributed by atoms with E-state index in [1.54, 1.807) is 30.3 Å². The van der Waals surface area contributed by atoms with Gasteiger partial charge in [0, 0.05) is 22.7 Å². The second-order valence-corrected chi connectivity index (χ2v) is 8.01. The van der Waals surface area contributed by atoms with E-state index in [9.17, 15) is 14.0 Å². The van der Waals surface area contributed by atoms with Crippen LogP contribution in [0.1, 0.15) is 28.3 Å². The van der Waals surface area contributed by atoms with Crippen molar-refractivity contribution in [3.63, 3.8) is 0 Å². The number of aliphatic carboxylic acids is 1. The van der Waals surface area contributed by atoms with Gasteiger partial charge in [-0.05, 0) is 41.8 Å². The lowest BCUT2D eigenvalue weighted by atomic mass is 9.89. The molecule has 0 saturated heterocycles. The average molecular weight is 486 g/mol. The van der Waals surface area contributed by atoms with Crippen molar-refractivity contribution in [2.75, 3.05) is 13.2 Å². The van der Waals surface area contributed by atoms with E-state index in [1.807, 2.05) is 24.3 Å². The van der Waals surface area contributed by atoms with Gasteiger partial charge in [0.1, 0.15) is 18.2 Å². The van der Waals surface area contributed by atoms with Crippen molar-refractivity contribution in [3.05, 3.63) is 99.8 Å². The molecule has 3 aromatic rings. The molecule has 0 aliphatic carbocycles. The number of carbonyl (C=O) groups is 2. The minimum atomic E-state index is -1.13. The number of halogens is 2. The maximum Gasteiger partial charge on any atom is 0.528 e. The predicted molar refractivity (Wildman–Crippen MR) is 121 cm³/mol. The summed E-state index contributed by atoms with van der Waals surface area (Å²) >= 11 is 6.25. The first-order valence-corrected chi connectivity index (χ1v) is 10.9. The fourth-order valence-electron chi connectivity index (χ4n) is 3.84. The highest BCUT2D eigenvalue weighted by molar-refractivity contribution is 6.30. The number of hydrogen-bond acceptors (Lipinski definition) is 6. The third kappa shape index (κ3) is 5.47. The summed E-state index contributed by atoms with van der Waals surface area (Å²) in [7, 11) is 0. The van der Waals surface area contributed by atoms with Crippen molar-refractivity contribution in [1.82, 2.24) is 5.06 Å². The quantitative estimate of drug-likeness (QED) is 0.463. The third-order valence-corrected chi connectivity index (χ3v) is 5.59. The van der Waals surface area contributed by atoms with Crippen LogP contribution in [0.25, 0.3) is 0 Å². The molecule has 0 bridgehead atoms. The molecule has 0 radical (unpaired) electrons. The Bertz CT molecular complexity index is 1200. The smallest absolute Gasteiger partial charge is 0.482 e. The number of benzene rings is 3. The Morgan fingerprint density at radius 3 is 2.62 bits per heavy atom. The Kier molecular flexibility index (Phi) is 7.30. The molecular formula is C25H21ClFNO6. The van der Waals surface area contributed by atoms with Crippen LogP contribution in [-0.4, -0.2) is 35.4 Å². The lowest BCUT2D eigenvalue weighted by Gasteiger charge is -2.36. The lowest BCUT2D eigenvalue weighted by Crippen LogP contribution is -2.38. The molecule has 3 aromatic carbocycles. The molecule has 4 rings (SSSR count). The molecule has 0 saturated carbocycles. The number of carboxylic acid groups (broad SMARTS) is 1. The van der Waals surface area contributed by atoms with Crippen molar-refractivity contribution < 1.29 is 33.4 Å². The molecule has 0 fully saturated rings. The highest BCUT2D eigenvalue weighted by atomic mass is 35.5. The fraction of sp³-hybridized carbons (Fsp3) is 0.200. The second-order valence-electron chi connectivity index (χ2n) is 7.58. The van der Waals surface area contributed by atoms with Crippen LogP contribution < -0.4 is 4.74 Å². The number of carbonyl (C=O) groups excluding carboxylic acids is 1. The molecule has 7 nitrogen and oxygen atoms in total. The van der Waals surface area contributed by atoms with Crippen molar-refractivity contribution in [2.24, 2.45) is 0 Å². The van der Waals surface area contributed by atoms with Crippen LogP contribution >= 0.6 is 11.6 Å². The first-order valence-electron chi connectivity index (χ1n) is 10.5. The maximum absolute atomic E-state index is 13.8. The first kappa shape index (κ1) is 23.5. The Morgan fingerprint density at radius 1 is 1.06 bits per heavy atom. The summed E-state index contributed by atoms with van der Waals surface area (Å²) in [6.07, 6.45) is -0.401. The van der Waals surface area contributed by atoms with E-state index in [2.05, 4.69) is 0 Å². The van der Waals surface area contributed by atoms with Gasteiger partial charge < -0.3 is 19.4 Å². The molecule has 0 spiro atoms. The molecule has 1 unspecified atom stereocenters. The Labute approximate surface area is 200 Å². The summed E-state index contributed by atoms with van der Waals surface area (Å²) in [4.78, 5) is 29.1. The third-order valence-electron chi connectivity index (χ3n) is 5.35. The lowest BCUT2D eigenvalue weighted by molar-refractivity contribution is -0.152. The largest absolute Gasteiger partial charge is 0.528 e. The van der Waals surface area contributed by atoms with Crippen LogP contribution in [0.2, 0.25) is 5.02 Å². The van der Waals surface area contributed by atoms with Gasteiger partial charge in [0.05, 0.1) is 6.04 Å². The van der Waals surface area contributed by atoms with Crippen LogP contribution in [0.5, 0.6) is 5.75 Å². The molecule has 1 aliphatic rings. The van der Waals surface area contributed by atoms with E-state index in [0.29, 0.717) is 29.3 Å². The van der Waals surface area contributed by atoms with Gasteiger partial charge in [-0.3, -0.25) is 0 Å². The van der Waals surface area contributed by atoms with Crippen molar-refractivity contribution in [3.8, 4) is 5.75 Å². The highest BCUT2D eigenvalue weighted by Gasteiger charge is 2.34. The van der Waals surface area contributed by atoms with Crippen molar-refractivity contribution in [2.45, 2.75) is 19.1 Å². The number of hydrogen-bond donors (Lipinski definition) is 1. The molecule has 1 aliphatic heterocycles. The van der Waals surface area contributed by atoms with Crippen LogP contribution in [-0.2, 0) is 27.4 Å². The summed E-state index contributed by atoms with van der Waals surface area (Å²) in [5.74, 6) is -1.32. The van der Waals surface area contributed by atoms with Crippen molar-refractivity contribution in [1.29, 1.82) is 0 Å². The molecule has 1 N–H and O–H groups in total. The van der Waals surface area contributed by atoms with E-state index < -0.39 is 30.6 Å². The number of fused-ring (bicyclic) bond motifs is 1. The van der Waals surface area contributed by atoms with Gasteiger partial charge in [-0.1, -0.05) is 54.1 Å². The minimum Gasteiger partial charge on any atom is -0.482 e. The van der Waals surface area contributed by atoms with E-state index >= 15 is 0 Å². The van der Waals surface area contributed by atoms with Gasteiger partial charge in [0.15, 0.2) is 6.61 Å². The molecule has 176 valence electrons. The monoisotopic (exact) mass is 485 g/mol. The standard InChI is InChI=1S/C25H21ClFNO6/c26-18-9-10-22(32-15-23(29)30)20(13-18)24-19-7-3-1-5-16(19)11-12-28(24)34-25(31)33-14-17-6-2-4-8-21(17)27/h1-10,13,24H,11-12,14-15H2,(H,29,30). The zero-order valence-corrected chi connectivity index (χ0v) is 18.7. The van der Waals surface area contributed by atoms with E-state index in [0.717, 1.165) is 11.1 Å².